The van der Waals surface area contributed by atoms with Gasteiger partial charge in [-0.15, -0.1) is 6.58 Å². The lowest BCUT2D eigenvalue weighted by Gasteiger charge is -2.08. The summed E-state index contributed by atoms with van der Waals surface area (Å²) in [7, 11) is 0. The predicted octanol–water partition coefficient (Wildman–Crippen LogP) is 11.7. The number of carbonyl (C=O) groups is 2. The zero-order valence-electron chi connectivity index (χ0n) is 30.8. The molecule has 0 N–H and O–H groups in total. The van der Waals surface area contributed by atoms with E-state index in [1.165, 1.54) is 56.9 Å². The maximum absolute atomic E-state index is 12.8. The van der Waals surface area contributed by atoms with Crippen LogP contribution in [0.15, 0.2) is 114 Å². The molecular formula is C45H50N2O6. The summed E-state index contributed by atoms with van der Waals surface area (Å²) in [4.78, 5) is 30.0. The molecular weight excluding hydrogens is 665 g/mol. The Morgan fingerprint density at radius 3 is 1.75 bits per heavy atom. The summed E-state index contributed by atoms with van der Waals surface area (Å²) in [5.74, 6) is 1.38. The summed E-state index contributed by atoms with van der Waals surface area (Å²) in [6, 6.07) is 28.4. The van der Waals surface area contributed by atoms with E-state index in [1.54, 1.807) is 72.8 Å². The van der Waals surface area contributed by atoms with E-state index < -0.39 is 11.9 Å². The molecule has 8 nitrogen and oxygen atoms in total. The van der Waals surface area contributed by atoms with Crippen molar-refractivity contribution < 1.29 is 28.3 Å². The van der Waals surface area contributed by atoms with Crippen molar-refractivity contribution in [3.63, 3.8) is 0 Å². The van der Waals surface area contributed by atoms with Gasteiger partial charge in [-0.3, -0.25) is 0 Å². The third kappa shape index (κ3) is 12.6. The van der Waals surface area contributed by atoms with E-state index in [1.807, 2.05) is 30.3 Å². The van der Waals surface area contributed by atoms with E-state index in [0.717, 1.165) is 37.9 Å². The van der Waals surface area contributed by atoms with E-state index >= 15 is 0 Å². The first-order valence-corrected chi connectivity index (χ1v) is 18.9. The highest BCUT2D eigenvalue weighted by molar-refractivity contribution is 5.91. The fourth-order valence-electron chi connectivity index (χ4n) is 5.84. The highest BCUT2D eigenvalue weighted by atomic mass is 16.5. The van der Waals surface area contributed by atoms with E-state index in [9.17, 15) is 9.59 Å². The molecule has 5 rings (SSSR count). The number of esters is 2. The summed E-state index contributed by atoms with van der Waals surface area (Å²) in [6.45, 7) is 6.63. The van der Waals surface area contributed by atoms with Crippen molar-refractivity contribution in [2.75, 3.05) is 6.61 Å². The molecule has 1 heterocycles. The van der Waals surface area contributed by atoms with Gasteiger partial charge in [0.2, 0.25) is 5.82 Å². The number of nitrogens with zero attached hydrogens (tertiary/aromatic N) is 2. The Morgan fingerprint density at radius 2 is 1.15 bits per heavy atom. The van der Waals surface area contributed by atoms with Crippen molar-refractivity contribution >= 4 is 11.9 Å². The standard InChI is InChI=1S/C45H50N2O6/c1-3-5-7-9-10-11-12-13-15-33-50-39-27-25-38(26-28-39)45(49)51-40-29-21-35(22-30-40)42-46-43(53-47-42)36-23-31-41(32-24-36)52-44(48)37-19-17-34(18-20-37)16-14-8-6-4-2/h3,17-32H,1,4-16,33H2,2H3. The fourth-order valence-corrected chi connectivity index (χ4v) is 5.84. The fraction of sp³-hybridized carbons (Fsp3) is 0.333. The molecule has 5 aromatic rings. The van der Waals surface area contributed by atoms with E-state index in [-0.39, 0.29) is 0 Å². The van der Waals surface area contributed by atoms with Gasteiger partial charge in [-0.1, -0.05) is 81.7 Å². The van der Waals surface area contributed by atoms with Crippen molar-refractivity contribution in [1.29, 1.82) is 0 Å². The van der Waals surface area contributed by atoms with E-state index in [2.05, 4.69) is 23.6 Å². The topological polar surface area (TPSA) is 101 Å². The van der Waals surface area contributed by atoms with Crippen molar-refractivity contribution in [3.8, 4) is 40.1 Å². The molecule has 1 aromatic heterocycles. The molecule has 53 heavy (non-hydrogen) atoms. The lowest BCUT2D eigenvalue weighted by atomic mass is 10.0. The molecule has 276 valence electrons. The molecule has 0 bridgehead atoms. The zero-order valence-corrected chi connectivity index (χ0v) is 30.8. The number of aryl methyl sites for hydroxylation is 1. The van der Waals surface area contributed by atoms with Crippen LogP contribution in [0.3, 0.4) is 0 Å². The summed E-state index contributed by atoms with van der Waals surface area (Å²) >= 11 is 0. The molecule has 0 atom stereocenters. The summed E-state index contributed by atoms with van der Waals surface area (Å²) in [5, 5.41) is 4.11. The summed E-state index contributed by atoms with van der Waals surface area (Å²) in [6.07, 6.45) is 17.4. The number of aromatic nitrogens is 2. The molecule has 0 unspecified atom stereocenters. The first-order chi connectivity index (χ1) is 26.0. The van der Waals surface area contributed by atoms with Gasteiger partial charge in [0.15, 0.2) is 0 Å². The molecule has 8 heteroatoms. The predicted molar refractivity (Wildman–Crippen MR) is 208 cm³/mol. The molecule has 0 radical (unpaired) electrons. The van der Waals surface area contributed by atoms with E-state index in [0.29, 0.717) is 52.1 Å². The van der Waals surface area contributed by atoms with Gasteiger partial charge in [-0.25, -0.2) is 9.59 Å². The molecule has 0 saturated carbocycles. The van der Waals surface area contributed by atoms with Crippen LogP contribution in [0.2, 0.25) is 0 Å². The molecule has 0 amide bonds. The van der Waals surface area contributed by atoms with Crippen LogP contribution in [0.1, 0.15) is 110 Å². The zero-order chi connectivity index (χ0) is 37.1. The molecule has 0 spiro atoms. The molecule has 0 aliphatic heterocycles. The van der Waals surface area contributed by atoms with Gasteiger partial charge < -0.3 is 18.7 Å². The van der Waals surface area contributed by atoms with Gasteiger partial charge in [0.1, 0.15) is 17.2 Å². The number of benzene rings is 4. The third-order valence-electron chi connectivity index (χ3n) is 8.98. The van der Waals surface area contributed by atoms with Crippen molar-refractivity contribution in [2.45, 2.75) is 90.4 Å². The Bertz CT molecular complexity index is 1850. The van der Waals surface area contributed by atoms with Crippen molar-refractivity contribution in [2.24, 2.45) is 0 Å². The second-order valence-electron chi connectivity index (χ2n) is 13.2. The van der Waals surface area contributed by atoms with Gasteiger partial charge in [0.25, 0.3) is 5.89 Å². The SMILES string of the molecule is C=CCCCCCCCCCOc1ccc(C(=O)Oc2ccc(-c3noc(-c4ccc(OC(=O)c5ccc(CCCCCC)cc5)cc4)n3)cc2)cc1. The van der Waals surface area contributed by atoms with Gasteiger partial charge in [0, 0.05) is 11.1 Å². The van der Waals surface area contributed by atoms with Crippen LogP contribution in [-0.4, -0.2) is 28.7 Å². The Labute approximate surface area is 313 Å². The Balaban J connectivity index is 1.04. The smallest absolute Gasteiger partial charge is 0.343 e. The minimum absolute atomic E-state index is 0.320. The third-order valence-corrected chi connectivity index (χ3v) is 8.98. The Hall–Kier alpha value is -5.50. The van der Waals surface area contributed by atoms with Crippen LogP contribution in [0, 0.1) is 0 Å². The van der Waals surface area contributed by atoms with E-state index in [4.69, 9.17) is 18.7 Å². The minimum Gasteiger partial charge on any atom is -0.494 e. The average molecular weight is 715 g/mol. The molecule has 0 fully saturated rings. The molecule has 4 aromatic carbocycles. The number of hydrogen-bond donors (Lipinski definition) is 0. The molecule has 0 saturated heterocycles. The first-order valence-electron chi connectivity index (χ1n) is 18.9. The largest absolute Gasteiger partial charge is 0.494 e. The van der Waals surface area contributed by atoms with Crippen molar-refractivity contribution in [1.82, 2.24) is 10.1 Å². The maximum Gasteiger partial charge on any atom is 0.343 e. The van der Waals surface area contributed by atoms with Crippen LogP contribution < -0.4 is 14.2 Å². The van der Waals surface area contributed by atoms with Gasteiger partial charge in [-0.2, -0.15) is 4.98 Å². The number of rotatable bonds is 22. The monoisotopic (exact) mass is 714 g/mol. The normalized spacial score (nSPS) is 10.9. The second-order valence-corrected chi connectivity index (χ2v) is 13.2. The summed E-state index contributed by atoms with van der Waals surface area (Å²) < 4.78 is 22.5. The highest BCUT2D eigenvalue weighted by Gasteiger charge is 2.14. The van der Waals surface area contributed by atoms with Gasteiger partial charge in [-0.05, 0) is 123 Å². The summed E-state index contributed by atoms with van der Waals surface area (Å²) in [5.41, 5.74) is 3.54. The lowest BCUT2D eigenvalue weighted by Crippen LogP contribution is -2.08. The van der Waals surface area contributed by atoms with Crippen LogP contribution in [-0.2, 0) is 6.42 Å². The van der Waals surface area contributed by atoms with Crippen molar-refractivity contribution in [3.05, 3.63) is 126 Å². The molecule has 0 aliphatic rings. The number of carbonyl (C=O) groups excluding carboxylic acids is 2. The second kappa shape index (κ2) is 21.1. The van der Waals surface area contributed by atoms with Gasteiger partial charge in [0.05, 0.1) is 17.7 Å². The number of allylic oxidation sites excluding steroid dienone is 1. The lowest BCUT2D eigenvalue weighted by molar-refractivity contribution is 0.0725. The van der Waals surface area contributed by atoms with Gasteiger partial charge >= 0.3 is 11.9 Å². The minimum atomic E-state index is -0.459. The Kier molecular flexibility index (Phi) is 15.4. The molecule has 0 aliphatic carbocycles. The quantitative estimate of drug-likeness (QED) is 0.0302. The first kappa shape index (κ1) is 38.7. The number of hydrogen-bond acceptors (Lipinski definition) is 8. The van der Waals surface area contributed by atoms with Crippen LogP contribution in [0.4, 0.5) is 0 Å². The maximum atomic E-state index is 12.8. The number of unbranched alkanes of at least 4 members (excludes halogenated alkanes) is 10. The Morgan fingerprint density at radius 1 is 0.623 bits per heavy atom. The highest BCUT2D eigenvalue weighted by Crippen LogP contribution is 2.26. The van der Waals surface area contributed by atoms with Crippen LogP contribution >= 0.6 is 0 Å². The van der Waals surface area contributed by atoms with Crippen LogP contribution in [0.5, 0.6) is 17.2 Å². The average Bonchev–Trinajstić information content (AvgIpc) is 3.69. The number of ether oxygens (including phenoxy) is 3. The van der Waals surface area contributed by atoms with Crippen LogP contribution in [0.25, 0.3) is 22.8 Å².